The molecule has 0 radical (unpaired) electrons. The first-order chi connectivity index (χ1) is 19.4. The van der Waals surface area contributed by atoms with Crippen LogP contribution in [-0.4, -0.2) is 50.3 Å². The van der Waals surface area contributed by atoms with Crippen molar-refractivity contribution in [3.8, 4) is 6.07 Å². The van der Waals surface area contributed by atoms with Gasteiger partial charge in [0.05, 0.1) is 11.8 Å². The Morgan fingerprint density at radius 2 is 2.05 bits per heavy atom. The molecule has 2 aromatic heterocycles. The van der Waals surface area contributed by atoms with E-state index in [4.69, 9.17) is 15.7 Å². The average molecular weight is 557 g/mol. The maximum atomic E-state index is 14.9. The third kappa shape index (κ3) is 3.81. The van der Waals surface area contributed by atoms with Gasteiger partial charge in [0.1, 0.15) is 17.7 Å². The summed E-state index contributed by atoms with van der Waals surface area (Å²) in [6.45, 7) is 2.30. The van der Waals surface area contributed by atoms with Crippen LogP contribution in [-0.2, 0) is 23.6 Å². The Labute approximate surface area is 233 Å². The van der Waals surface area contributed by atoms with Crippen LogP contribution in [0.25, 0.3) is 11.2 Å². The first-order valence-electron chi connectivity index (χ1n) is 13.6. The number of rotatable bonds is 3. The van der Waals surface area contributed by atoms with Gasteiger partial charge in [0.15, 0.2) is 17.0 Å². The van der Waals surface area contributed by atoms with Crippen molar-refractivity contribution in [3.63, 3.8) is 0 Å². The summed E-state index contributed by atoms with van der Waals surface area (Å²) in [4.78, 5) is 14.6. The SMILES string of the molecule is CS(=O)c1ccc2c(c1)[C@@H](N)C1(CCN(c3cnc4c(N5CCCc6c5ccc(C#N)c6F)n[nH]c4n3)CC1)C2. The molecule has 1 aliphatic carbocycles. The lowest BCUT2D eigenvalue weighted by Crippen LogP contribution is -2.44. The van der Waals surface area contributed by atoms with Gasteiger partial charge in [-0.25, -0.2) is 14.4 Å². The number of H-pyrrole nitrogens is 1. The number of benzene rings is 2. The molecule has 1 saturated heterocycles. The minimum atomic E-state index is -1.03. The summed E-state index contributed by atoms with van der Waals surface area (Å²) >= 11 is 0. The monoisotopic (exact) mass is 556 g/mol. The molecule has 40 heavy (non-hydrogen) atoms. The summed E-state index contributed by atoms with van der Waals surface area (Å²) in [5, 5.41) is 16.8. The minimum absolute atomic E-state index is 0.00623. The highest BCUT2D eigenvalue weighted by atomic mass is 32.2. The summed E-state index contributed by atoms with van der Waals surface area (Å²) in [7, 11) is -1.03. The topological polar surface area (TPSA) is 128 Å². The maximum absolute atomic E-state index is 14.9. The van der Waals surface area contributed by atoms with Crippen molar-refractivity contribution in [3.05, 3.63) is 64.6 Å². The highest BCUT2D eigenvalue weighted by Gasteiger charge is 2.46. The molecule has 1 fully saturated rings. The van der Waals surface area contributed by atoms with E-state index in [0.717, 1.165) is 60.7 Å². The van der Waals surface area contributed by atoms with Crippen molar-refractivity contribution in [2.24, 2.45) is 11.1 Å². The van der Waals surface area contributed by atoms with Crippen molar-refractivity contribution < 1.29 is 8.60 Å². The molecule has 1 unspecified atom stereocenters. The van der Waals surface area contributed by atoms with Gasteiger partial charge in [-0.05, 0) is 72.9 Å². The number of hydrogen-bond donors (Lipinski definition) is 2. The number of piperidine rings is 1. The van der Waals surface area contributed by atoms with Crippen LogP contribution in [0.1, 0.15) is 47.6 Å². The van der Waals surface area contributed by atoms with E-state index in [1.165, 1.54) is 11.6 Å². The van der Waals surface area contributed by atoms with E-state index in [-0.39, 0.29) is 17.0 Å². The largest absolute Gasteiger partial charge is 0.355 e. The molecule has 3 N–H and O–H groups in total. The molecule has 2 aromatic carbocycles. The predicted octanol–water partition coefficient (Wildman–Crippen LogP) is 4.03. The van der Waals surface area contributed by atoms with Crippen LogP contribution in [0.15, 0.2) is 41.4 Å². The van der Waals surface area contributed by atoms with Crippen molar-refractivity contribution in [2.75, 3.05) is 35.7 Å². The molecule has 0 amide bonds. The Hall–Kier alpha value is -3.88. The predicted molar refractivity (Wildman–Crippen MR) is 151 cm³/mol. The lowest BCUT2D eigenvalue weighted by atomic mass is 9.73. The van der Waals surface area contributed by atoms with Crippen LogP contribution < -0.4 is 15.5 Å². The molecule has 2 aliphatic heterocycles. The second kappa shape index (κ2) is 9.35. The normalized spacial score (nSPS) is 20.4. The third-order valence-corrected chi connectivity index (χ3v) is 9.92. The third-order valence-electron chi connectivity index (χ3n) is 9.00. The van der Waals surface area contributed by atoms with E-state index in [2.05, 4.69) is 21.2 Å². The summed E-state index contributed by atoms with van der Waals surface area (Å²) in [6.07, 6.45) is 7.62. The number of halogens is 1. The lowest BCUT2D eigenvalue weighted by molar-refractivity contribution is 0.187. The quantitative estimate of drug-likeness (QED) is 0.387. The highest BCUT2D eigenvalue weighted by molar-refractivity contribution is 7.84. The van der Waals surface area contributed by atoms with Crippen molar-refractivity contribution >= 4 is 39.3 Å². The van der Waals surface area contributed by atoms with Gasteiger partial charge in [0.2, 0.25) is 0 Å². The number of nitriles is 1. The van der Waals surface area contributed by atoms with E-state index in [9.17, 15) is 13.9 Å². The molecule has 0 saturated carbocycles. The fourth-order valence-corrected chi connectivity index (χ4v) is 7.31. The van der Waals surface area contributed by atoms with E-state index >= 15 is 0 Å². The summed E-state index contributed by atoms with van der Waals surface area (Å²) in [6, 6.07) is 11.3. The standard InChI is InChI=1S/C29H29FN8OS/c1-40(39)19-6-4-17-14-29(26(32)21(17)13-19)8-11-37(12-9-29)23-16-33-25-27(34-23)35-36-28(25)38-10-2-3-20-22(38)7-5-18(15-31)24(20)30/h4-7,13,16,26H,2-3,8-12,14,32H2,1H3,(H,34,35,36)/t26-,40?/m1/s1. The Kier molecular flexibility index (Phi) is 5.87. The first kappa shape index (κ1) is 25.1. The molecule has 9 nitrogen and oxygen atoms in total. The number of aromatic amines is 1. The smallest absolute Gasteiger partial charge is 0.183 e. The number of nitrogens with two attached hydrogens (primary N) is 1. The van der Waals surface area contributed by atoms with Gasteiger partial charge in [-0.2, -0.15) is 10.4 Å². The van der Waals surface area contributed by atoms with Crippen LogP contribution in [0.4, 0.5) is 21.7 Å². The molecule has 204 valence electrons. The van der Waals surface area contributed by atoms with Crippen LogP contribution in [0, 0.1) is 22.6 Å². The molecule has 11 heteroatoms. The van der Waals surface area contributed by atoms with Gasteiger partial charge in [0, 0.05) is 58.9 Å². The number of aromatic nitrogens is 4. The molecule has 4 aromatic rings. The summed E-state index contributed by atoms with van der Waals surface area (Å²) in [5.41, 5.74) is 11.7. The number of anilines is 3. The Morgan fingerprint density at radius 1 is 1.23 bits per heavy atom. The zero-order valence-corrected chi connectivity index (χ0v) is 23.0. The van der Waals surface area contributed by atoms with E-state index in [1.807, 2.05) is 23.1 Å². The average Bonchev–Trinajstić information content (AvgIpc) is 3.51. The van der Waals surface area contributed by atoms with Gasteiger partial charge in [-0.3, -0.25) is 9.31 Å². The van der Waals surface area contributed by atoms with Gasteiger partial charge in [-0.15, -0.1) is 0 Å². The van der Waals surface area contributed by atoms with Crippen molar-refractivity contribution in [2.45, 2.75) is 43.0 Å². The van der Waals surface area contributed by atoms with E-state index < -0.39 is 16.6 Å². The maximum Gasteiger partial charge on any atom is 0.183 e. The first-order valence-corrected chi connectivity index (χ1v) is 15.1. The zero-order chi connectivity index (χ0) is 27.6. The summed E-state index contributed by atoms with van der Waals surface area (Å²) < 4.78 is 26.9. The number of hydrogen-bond acceptors (Lipinski definition) is 8. The number of fused-ring (bicyclic) bond motifs is 3. The van der Waals surface area contributed by atoms with Crippen LogP contribution >= 0.6 is 0 Å². The summed E-state index contributed by atoms with van der Waals surface area (Å²) in [5.74, 6) is 0.944. The van der Waals surface area contributed by atoms with Crippen LogP contribution in [0.3, 0.4) is 0 Å². The molecular weight excluding hydrogens is 527 g/mol. The molecule has 0 bridgehead atoms. The van der Waals surface area contributed by atoms with Gasteiger partial charge in [0.25, 0.3) is 0 Å². The van der Waals surface area contributed by atoms with Gasteiger partial charge in [-0.1, -0.05) is 6.07 Å². The Morgan fingerprint density at radius 3 is 2.83 bits per heavy atom. The van der Waals surface area contributed by atoms with Crippen LogP contribution in [0.2, 0.25) is 0 Å². The molecular formula is C29H29FN8OS. The van der Waals surface area contributed by atoms with Gasteiger partial charge >= 0.3 is 0 Å². The van der Waals surface area contributed by atoms with Crippen LogP contribution in [0.5, 0.6) is 0 Å². The number of nitrogens with zero attached hydrogens (tertiary/aromatic N) is 6. The van der Waals surface area contributed by atoms with Crippen molar-refractivity contribution in [1.82, 2.24) is 20.2 Å². The Bertz CT molecular complexity index is 1720. The minimum Gasteiger partial charge on any atom is -0.355 e. The van der Waals surface area contributed by atoms with Crippen molar-refractivity contribution in [1.29, 1.82) is 5.26 Å². The molecule has 2 atom stereocenters. The lowest BCUT2D eigenvalue weighted by Gasteiger charge is -2.42. The Balaban J connectivity index is 1.11. The second-order valence-corrected chi connectivity index (χ2v) is 12.5. The fraction of sp³-hybridized carbons (Fsp3) is 0.379. The molecule has 3 aliphatic rings. The zero-order valence-electron chi connectivity index (χ0n) is 22.2. The highest BCUT2D eigenvalue weighted by Crippen LogP contribution is 2.51. The number of nitrogens with one attached hydrogen (secondary N) is 1. The fourth-order valence-electron chi connectivity index (χ4n) is 6.75. The van der Waals surface area contributed by atoms with E-state index in [0.29, 0.717) is 35.5 Å². The molecule has 4 heterocycles. The van der Waals surface area contributed by atoms with E-state index in [1.54, 1.807) is 18.5 Å². The molecule has 1 spiro atoms. The van der Waals surface area contributed by atoms with Gasteiger partial charge < -0.3 is 15.5 Å². The molecule has 7 rings (SSSR count). The second-order valence-electron chi connectivity index (χ2n) is 11.1.